The highest BCUT2D eigenvalue weighted by Gasteiger charge is 2.24. The van der Waals surface area contributed by atoms with E-state index in [0.717, 1.165) is 6.42 Å². The lowest BCUT2D eigenvalue weighted by Crippen LogP contribution is -2.50. The molecule has 0 atom stereocenters. The van der Waals surface area contributed by atoms with Gasteiger partial charge in [-0.1, -0.05) is 118 Å². The first-order chi connectivity index (χ1) is 14.7. The number of nitrogens with zero attached hydrogens (tertiary/aromatic N) is 1. The summed E-state index contributed by atoms with van der Waals surface area (Å²) in [6, 6.07) is 0. The van der Waals surface area contributed by atoms with Crippen LogP contribution < -0.4 is 0 Å². The maximum Gasteiger partial charge on any atom is 0.0786 e. The summed E-state index contributed by atoms with van der Waals surface area (Å²) < 4.78 is 1.42. The highest BCUT2D eigenvalue weighted by molar-refractivity contribution is 4.49. The van der Waals surface area contributed by atoms with E-state index in [1.165, 1.54) is 140 Å². The van der Waals surface area contributed by atoms with Gasteiger partial charge in [0.15, 0.2) is 0 Å². The number of hydrogen-bond donors (Lipinski definition) is 1. The van der Waals surface area contributed by atoms with Crippen molar-refractivity contribution in [3.63, 3.8) is 0 Å². The molecule has 0 radical (unpaired) electrons. The van der Waals surface area contributed by atoms with E-state index in [1.54, 1.807) is 0 Å². The van der Waals surface area contributed by atoms with Gasteiger partial charge in [0.1, 0.15) is 0 Å². The molecule has 0 bridgehead atoms. The van der Waals surface area contributed by atoms with E-state index in [9.17, 15) is 0 Å². The Morgan fingerprint density at radius 3 is 0.900 bits per heavy atom. The molecule has 0 amide bonds. The quantitative estimate of drug-likeness (QED) is 0.135. The summed E-state index contributed by atoms with van der Waals surface area (Å²) in [4.78, 5) is 0. The fourth-order valence-corrected chi connectivity index (χ4v) is 4.24. The first kappa shape index (κ1) is 32.1. The Morgan fingerprint density at radius 1 is 0.367 bits per heavy atom. The van der Waals surface area contributed by atoms with Crippen LogP contribution >= 0.6 is 0 Å². The summed E-state index contributed by atoms with van der Waals surface area (Å²) in [6.45, 7) is 17.6. The van der Waals surface area contributed by atoms with Crippen molar-refractivity contribution in [1.29, 1.82) is 0 Å². The second-order valence-electron chi connectivity index (χ2n) is 9.56. The molecule has 0 fully saturated rings. The molecule has 0 aromatic carbocycles. The van der Waals surface area contributed by atoms with Crippen molar-refractivity contribution in [2.75, 3.05) is 32.8 Å². The lowest BCUT2D eigenvalue weighted by molar-refractivity contribution is -0.929. The number of aliphatic hydroxyl groups excluding tert-OH is 1. The third-order valence-electron chi connectivity index (χ3n) is 6.46. The number of quaternary nitrogens is 1. The Kier molecular flexibility index (Phi) is 28.8. The average molecular weight is 429 g/mol. The third kappa shape index (κ3) is 22.6. The Hall–Kier alpha value is -0.0800. The largest absolute Gasteiger partial charge is 0.396 e. The highest BCUT2D eigenvalue weighted by Crippen LogP contribution is 2.16. The van der Waals surface area contributed by atoms with E-state index >= 15 is 0 Å². The van der Waals surface area contributed by atoms with Crippen molar-refractivity contribution in [2.24, 2.45) is 0 Å². The van der Waals surface area contributed by atoms with Gasteiger partial charge in [-0.15, -0.1) is 0 Å². The van der Waals surface area contributed by atoms with Gasteiger partial charge in [-0.25, -0.2) is 0 Å². The molecule has 0 spiro atoms. The molecule has 0 aliphatic heterocycles. The third-order valence-corrected chi connectivity index (χ3v) is 6.46. The van der Waals surface area contributed by atoms with Crippen molar-refractivity contribution in [3.8, 4) is 0 Å². The van der Waals surface area contributed by atoms with Gasteiger partial charge in [0.25, 0.3) is 0 Å². The van der Waals surface area contributed by atoms with Crippen LogP contribution in [-0.4, -0.2) is 42.4 Å². The number of rotatable bonds is 22. The minimum absolute atomic E-state index is 0.372. The normalized spacial score (nSPS) is 11.4. The van der Waals surface area contributed by atoms with Crippen LogP contribution in [0.2, 0.25) is 0 Å². The summed E-state index contributed by atoms with van der Waals surface area (Å²) >= 11 is 0. The smallest absolute Gasteiger partial charge is 0.0786 e. The molecule has 184 valence electrons. The molecule has 0 aliphatic rings. The Balaban J connectivity index is 0. The second kappa shape index (κ2) is 27.0. The fourth-order valence-electron chi connectivity index (χ4n) is 4.24. The van der Waals surface area contributed by atoms with Gasteiger partial charge < -0.3 is 9.59 Å². The Labute approximate surface area is 192 Å². The van der Waals surface area contributed by atoms with Gasteiger partial charge in [0, 0.05) is 6.61 Å². The molecule has 0 rings (SSSR count). The number of unbranched alkanes of at least 4 members (excludes halogenated alkanes) is 13. The Morgan fingerprint density at radius 2 is 0.633 bits per heavy atom. The summed E-state index contributed by atoms with van der Waals surface area (Å²) in [6.07, 6.45) is 24.4. The van der Waals surface area contributed by atoms with Gasteiger partial charge in [-0.2, -0.15) is 0 Å². The molecular weight excluding hydrogens is 366 g/mol. The van der Waals surface area contributed by atoms with E-state index in [-0.39, 0.29) is 0 Å². The molecular formula is C28H62NO+. The monoisotopic (exact) mass is 428 g/mol. The van der Waals surface area contributed by atoms with Gasteiger partial charge in [0.2, 0.25) is 0 Å². The van der Waals surface area contributed by atoms with Crippen LogP contribution in [0.15, 0.2) is 0 Å². The van der Waals surface area contributed by atoms with Gasteiger partial charge in [0.05, 0.1) is 26.2 Å². The van der Waals surface area contributed by atoms with Crippen LogP contribution in [0.1, 0.15) is 150 Å². The van der Waals surface area contributed by atoms with Gasteiger partial charge in [-0.05, 0) is 32.1 Å². The molecule has 0 aromatic rings. The first-order valence-electron chi connectivity index (χ1n) is 14.1. The molecule has 0 heterocycles. The number of aliphatic hydroxyl groups is 1. The van der Waals surface area contributed by atoms with Crippen molar-refractivity contribution in [3.05, 3.63) is 0 Å². The minimum atomic E-state index is 0.372. The zero-order valence-electron chi connectivity index (χ0n) is 22.2. The van der Waals surface area contributed by atoms with Gasteiger partial charge in [-0.3, -0.25) is 0 Å². The van der Waals surface area contributed by atoms with Crippen LogP contribution in [-0.2, 0) is 0 Å². The highest BCUT2D eigenvalue weighted by atomic mass is 16.2. The molecule has 0 saturated carbocycles. The maximum atomic E-state index is 8.57. The molecule has 0 aromatic heterocycles. The first-order valence-corrected chi connectivity index (χ1v) is 14.1. The summed E-state index contributed by atoms with van der Waals surface area (Å²) in [5.41, 5.74) is 0. The zero-order chi connectivity index (χ0) is 22.8. The van der Waals surface area contributed by atoms with Crippen LogP contribution in [0.25, 0.3) is 0 Å². The summed E-state index contributed by atoms with van der Waals surface area (Å²) in [5, 5.41) is 8.57. The van der Waals surface area contributed by atoms with Crippen LogP contribution in [0, 0.1) is 0 Å². The molecule has 2 heteroatoms. The van der Waals surface area contributed by atoms with Crippen molar-refractivity contribution in [2.45, 2.75) is 150 Å². The average Bonchev–Trinajstić information content (AvgIpc) is 2.77. The van der Waals surface area contributed by atoms with E-state index in [4.69, 9.17) is 5.11 Å². The zero-order valence-corrected chi connectivity index (χ0v) is 22.2. The fraction of sp³-hybridized carbons (Fsp3) is 1.00. The summed E-state index contributed by atoms with van der Waals surface area (Å²) in [7, 11) is 0. The predicted molar refractivity (Wildman–Crippen MR) is 138 cm³/mol. The van der Waals surface area contributed by atoms with E-state index in [1.807, 2.05) is 0 Å². The van der Waals surface area contributed by atoms with E-state index < -0.39 is 0 Å². The standard InChI is InChI=1S/C16H36N.C12H26O/c1-5-9-13-17(14-10-6-2,15-11-7-3)16-12-8-4;1-2-3-4-5-6-7-8-9-10-11-12-13/h5-16H2,1-4H3;13H,2-12H2,1H3/q+1;. The van der Waals surface area contributed by atoms with Crippen LogP contribution in [0.5, 0.6) is 0 Å². The summed E-state index contributed by atoms with van der Waals surface area (Å²) in [5.74, 6) is 0. The molecule has 2 nitrogen and oxygen atoms in total. The number of hydrogen-bond acceptors (Lipinski definition) is 1. The van der Waals surface area contributed by atoms with Crippen LogP contribution in [0.3, 0.4) is 0 Å². The minimum Gasteiger partial charge on any atom is -0.396 e. The van der Waals surface area contributed by atoms with Crippen molar-refractivity contribution in [1.82, 2.24) is 0 Å². The van der Waals surface area contributed by atoms with E-state index in [0.29, 0.717) is 6.61 Å². The molecule has 0 aliphatic carbocycles. The molecule has 30 heavy (non-hydrogen) atoms. The molecule has 0 unspecified atom stereocenters. The van der Waals surface area contributed by atoms with Gasteiger partial charge >= 0.3 is 0 Å². The Bertz CT molecular complexity index is 245. The lowest BCUT2D eigenvalue weighted by Gasteiger charge is -2.39. The molecule has 0 saturated heterocycles. The van der Waals surface area contributed by atoms with E-state index in [2.05, 4.69) is 34.6 Å². The molecule has 1 N–H and O–H groups in total. The van der Waals surface area contributed by atoms with Crippen molar-refractivity contribution >= 4 is 0 Å². The topological polar surface area (TPSA) is 20.2 Å². The second-order valence-corrected chi connectivity index (χ2v) is 9.56. The SMILES string of the molecule is CCCCCCCCCCCCO.CCCC[N+](CCCC)(CCCC)CCCC. The van der Waals surface area contributed by atoms with Crippen molar-refractivity contribution < 1.29 is 9.59 Å². The maximum absolute atomic E-state index is 8.57. The lowest BCUT2D eigenvalue weighted by atomic mass is 10.1. The predicted octanol–water partition coefficient (Wildman–Crippen LogP) is 8.90. The van der Waals surface area contributed by atoms with Crippen LogP contribution in [0.4, 0.5) is 0 Å².